The predicted octanol–water partition coefficient (Wildman–Crippen LogP) is 2.62. The van der Waals surface area contributed by atoms with Gasteiger partial charge in [0.1, 0.15) is 18.2 Å². The lowest BCUT2D eigenvalue weighted by atomic mass is 10.3. The van der Waals surface area contributed by atoms with Crippen LogP contribution in [0, 0.1) is 10.1 Å². The summed E-state index contributed by atoms with van der Waals surface area (Å²) >= 11 is 3.21. The quantitative estimate of drug-likeness (QED) is 0.493. The highest BCUT2D eigenvalue weighted by Gasteiger charge is 2.09. The molecule has 8 heteroatoms. The van der Waals surface area contributed by atoms with Crippen molar-refractivity contribution >= 4 is 27.4 Å². The molecule has 0 saturated heterocycles. The third-order valence-electron chi connectivity index (χ3n) is 2.44. The Balaban J connectivity index is 2.08. The van der Waals surface area contributed by atoms with Crippen molar-refractivity contribution < 1.29 is 9.66 Å². The molecule has 0 radical (unpaired) electrons. The molecule has 7 nitrogen and oxygen atoms in total. The Kier molecular flexibility index (Phi) is 4.49. The van der Waals surface area contributed by atoms with Crippen LogP contribution in [0.4, 0.5) is 11.5 Å². The Morgan fingerprint density at radius 1 is 1.40 bits per heavy atom. The molecule has 20 heavy (non-hydrogen) atoms. The van der Waals surface area contributed by atoms with Gasteiger partial charge in [0.2, 0.25) is 0 Å². The number of nitrogens with zero attached hydrogens (tertiary/aromatic N) is 2. The molecule has 0 bridgehead atoms. The van der Waals surface area contributed by atoms with Crippen molar-refractivity contribution in [3.8, 4) is 5.75 Å². The number of ether oxygens (including phenoxy) is 1. The number of anilines is 1. The van der Waals surface area contributed by atoms with Gasteiger partial charge in [-0.2, -0.15) is 0 Å². The maximum Gasteiger partial charge on any atom is 0.274 e. The van der Waals surface area contributed by atoms with Gasteiger partial charge in [0.05, 0.1) is 11.0 Å². The fourth-order valence-corrected chi connectivity index (χ4v) is 1.96. The Hall–Kier alpha value is -2.19. The van der Waals surface area contributed by atoms with Gasteiger partial charge in [-0.3, -0.25) is 10.1 Å². The average molecular weight is 339 g/mol. The number of non-ortho nitro benzene ring substituents is 1. The summed E-state index contributed by atoms with van der Waals surface area (Å²) in [6.07, 6.45) is 1.61. The van der Waals surface area contributed by atoms with Crippen LogP contribution in [0.25, 0.3) is 0 Å². The summed E-state index contributed by atoms with van der Waals surface area (Å²) in [6, 6.07) is 7.96. The maximum atomic E-state index is 10.8. The van der Waals surface area contributed by atoms with Crippen molar-refractivity contribution in [1.82, 2.24) is 4.98 Å². The lowest BCUT2D eigenvalue weighted by Gasteiger charge is -2.07. The molecule has 2 aromatic rings. The topological polar surface area (TPSA) is 103 Å². The smallest absolute Gasteiger partial charge is 0.274 e. The number of hydrogen-bond acceptors (Lipinski definition) is 6. The molecule has 0 aliphatic carbocycles. The van der Waals surface area contributed by atoms with Crippen molar-refractivity contribution in [2.75, 3.05) is 5.43 Å². The van der Waals surface area contributed by atoms with E-state index < -0.39 is 4.92 Å². The normalized spacial score (nSPS) is 10.1. The van der Waals surface area contributed by atoms with Gasteiger partial charge in [0.15, 0.2) is 0 Å². The number of nitrogens with two attached hydrogens (primary N) is 1. The standard InChI is InChI=1S/C12H11BrN4O3/c13-9-3-10(17(18)19)5-11(4-9)20-7-8-1-2-12(16-14)15-6-8/h1-6H,7,14H2,(H,15,16). The maximum absolute atomic E-state index is 10.8. The molecule has 0 fully saturated rings. The molecule has 1 aromatic carbocycles. The predicted molar refractivity (Wildman–Crippen MR) is 77.2 cm³/mol. The number of hydrogen-bond donors (Lipinski definition) is 2. The first-order valence-corrected chi connectivity index (χ1v) is 6.37. The third kappa shape index (κ3) is 3.65. The van der Waals surface area contributed by atoms with Gasteiger partial charge in [-0.1, -0.05) is 22.0 Å². The first kappa shape index (κ1) is 14.2. The van der Waals surface area contributed by atoms with Crippen LogP contribution in [-0.2, 0) is 6.61 Å². The summed E-state index contributed by atoms with van der Waals surface area (Å²) in [7, 11) is 0. The zero-order valence-corrected chi connectivity index (χ0v) is 11.8. The number of nitrogen functional groups attached to an aromatic ring is 1. The second-order valence-electron chi connectivity index (χ2n) is 3.89. The molecular formula is C12H11BrN4O3. The molecule has 104 valence electrons. The van der Waals surface area contributed by atoms with E-state index in [1.807, 2.05) is 0 Å². The van der Waals surface area contributed by atoms with Gasteiger partial charge >= 0.3 is 0 Å². The van der Waals surface area contributed by atoms with Crippen LogP contribution in [0.5, 0.6) is 5.75 Å². The summed E-state index contributed by atoms with van der Waals surface area (Å²) in [5.74, 6) is 6.17. The number of aromatic nitrogens is 1. The van der Waals surface area contributed by atoms with Crippen LogP contribution in [0.2, 0.25) is 0 Å². The minimum absolute atomic E-state index is 0.0322. The number of benzene rings is 1. The third-order valence-corrected chi connectivity index (χ3v) is 2.90. The lowest BCUT2D eigenvalue weighted by molar-refractivity contribution is -0.385. The molecule has 0 spiro atoms. The molecule has 1 aromatic heterocycles. The van der Waals surface area contributed by atoms with E-state index in [2.05, 4.69) is 26.3 Å². The number of rotatable bonds is 5. The Morgan fingerprint density at radius 2 is 2.20 bits per heavy atom. The minimum Gasteiger partial charge on any atom is -0.489 e. The zero-order valence-electron chi connectivity index (χ0n) is 10.2. The van der Waals surface area contributed by atoms with E-state index in [-0.39, 0.29) is 12.3 Å². The summed E-state index contributed by atoms with van der Waals surface area (Å²) < 4.78 is 6.10. The van der Waals surface area contributed by atoms with Gasteiger partial charge in [-0.05, 0) is 12.1 Å². The van der Waals surface area contributed by atoms with E-state index in [4.69, 9.17) is 10.6 Å². The number of nitrogens with one attached hydrogen (secondary N) is 1. The van der Waals surface area contributed by atoms with E-state index in [0.29, 0.717) is 16.0 Å². The number of nitro benzene ring substituents is 1. The van der Waals surface area contributed by atoms with Gasteiger partial charge in [0, 0.05) is 22.3 Å². The van der Waals surface area contributed by atoms with Crippen molar-refractivity contribution in [3.05, 3.63) is 56.7 Å². The van der Waals surface area contributed by atoms with Crippen LogP contribution in [-0.4, -0.2) is 9.91 Å². The van der Waals surface area contributed by atoms with Crippen molar-refractivity contribution in [2.24, 2.45) is 5.84 Å². The van der Waals surface area contributed by atoms with Gasteiger partial charge in [0.25, 0.3) is 5.69 Å². The molecule has 0 saturated carbocycles. The second-order valence-corrected chi connectivity index (χ2v) is 4.80. The largest absolute Gasteiger partial charge is 0.489 e. The molecule has 0 amide bonds. The highest BCUT2D eigenvalue weighted by atomic mass is 79.9. The fraction of sp³-hybridized carbons (Fsp3) is 0.0833. The first-order valence-electron chi connectivity index (χ1n) is 5.58. The molecule has 0 aliphatic heterocycles. The Morgan fingerprint density at radius 3 is 2.80 bits per heavy atom. The summed E-state index contributed by atoms with van der Waals surface area (Å²) in [5.41, 5.74) is 3.22. The van der Waals surface area contributed by atoms with Gasteiger partial charge in [-0.25, -0.2) is 10.8 Å². The molecule has 2 rings (SSSR count). The second kappa shape index (κ2) is 6.31. The molecule has 0 aliphatic rings. The molecule has 3 N–H and O–H groups in total. The minimum atomic E-state index is -0.471. The summed E-state index contributed by atoms with van der Waals surface area (Å²) in [6.45, 7) is 0.255. The zero-order chi connectivity index (χ0) is 14.5. The van der Waals surface area contributed by atoms with E-state index in [0.717, 1.165) is 5.56 Å². The van der Waals surface area contributed by atoms with Crippen molar-refractivity contribution in [3.63, 3.8) is 0 Å². The van der Waals surface area contributed by atoms with E-state index in [9.17, 15) is 10.1 Å². The van der Waals surface area contributed by atoms with Crippen LogP contribution in [0.15, 0.2) is 41.0 Å². The molecular weight excluding hydrogens is 328 g/mol. The molecule has 0 unspecified atom stereocenters. The Bertz CT molecular complexity index is 619. The van der Waals surface area contributed by atoms with Crippen LogP contribution >= 0.6 is 15.9 Å². The van der Waals surface area contributed by atoms with E-state index >= 15 is 0 Å². The van der Waals surface area contributed by atoms with E-state index in [1.54, 1.807) is 24.4 Å². The average Bonchev–Trinajstić information content (AvgIpc) is 2.45. The van der Waals surface area contributed by atoms with Crippen LogP contribution < -0.4 is 16.0 Å². The summed E-state index contributed by atoms with van der Waals surface area (Å²) in [4.78, 5) is 14.3. The molecule has 1 heterocycles. The van der Waals surface area contributed by atoms with Crippen LogP contribution in [0.3, 0.4) is 0 Å². The Labute approximate surface area is 123 Å². The van der Waals surface area contributed by atoms with E-state index in [1.165, 1.54) is 12.1 Å². The number of halogens is 1. The number of pyridine rings is 1. The highest BCUT2D eigenvalue weighted by molar-refractivity contribution is 9.10. The number of hydrazine groups is 1. The monoisotopic (exact) mass is 338 g/mol. The SMILES string of the molecule is NNc1ccc(COc2cc(Br)cc([N+](=O)[O-])c2)cn1. The molecule has 0 atom stereocenters. The summed E-state index contributed by atoms with van der Waals surface area (Å²) in [5, 5.41) is 10.8. The first-order chi connectivity index (χ1) is 9.58. The van der Waals surface area contributed by atoms with Crippen molar-refractivity contribution in [1.29, 1.82) is 0 Å². The van der Waals surface area contributed by atoms with Gasteiger partial charge < -0.3 is 10.2 Å². The van der Waals surface area contributed by atoms with Gasteiger partial charge in [-0.15, -0.1) is 0 Å². The fourth-order valence-electron chi connectivity index (χ4n) is 1.50. The van der Waals surface area contributed by atoms with Crippen LogP contribution in [0.1, 0.15) is 5.56 Å². The highest BCUT2D eigenvalue weighted by Crippen LogP contribution is 2.26. The number of nitro groups is 1. The van der Waals surface area contributed by atoms with Crippen molar-refractivity contribution in [2.45, 2.75) is 6.61 Å². The lowest BCUT2D eigenvalue weighted by Crippen LogP contribution is -2.08.